The molecular weight excluding hydrogens is 375 g/mol. The molecule has 0 spiro atoms. The van der Waals surface area contributed by atoms with Crippen LogP contribution in [0, 0.1) is 5.92 Å². The molecule has 1 aromatic carbocycles. The van der Waals surface area contributed by atoms with Gasteiger partial charge in [0.05, 0.1) is 0 Å². The summed E-state index contributed by atoms with van der Waals surface area (Å²) in [5.74, 6) is 0.730. The molecule has 3 heteroatoms. The van der Waals surface area contributed by atoms with Gasteiger partial charge in [0.25, 0.3) is 0 Å². The van der Waals surface area contributed by atoms with Crippen molar-refractivity contribution < 1.29 is 0 Å². The Morgan fingerprint density at radius 2 is 2.00 bits per heavy atom. The minimum Gasteiger partial charge on any atom is -0.0880 e. The minimum absolute atomic E-state index is 0.730. The summed E-state index contributed by atoms with van der Waals surface area (Å²) >= 11 is 13.4. The summed E-state index contributed by atoms with van der Waals surface area (Å²) in [4.78, 5) is 0. The summed E-state index contributed by atoms with van der Waals surface area (Å²) in [5, 5.41) is 1.77. The van der Waals surface area contributed by atoms with Gasteiger partial charge < -0.3 is 0 Å². The number of alkyl halides is 1. The first kappa shape index (κ1) is 14.6. The van der Waals surface area contributed by atoms with E-state index < -0.39 is 0 Å². The van der Waals surface area contributed by atoms with E-state index in [1.165, 1.54) is 37.7 Å². The molecule has 1 fully saturated rings. The third kappa shape index (κ3) is 3.85. The van der Waals surface area contributed by atoms with E-state index in [0.717, 1.165) is 26.3 Å². The summed E-state index contributed by atoms with van der Waals surface area (Å²) in [6, 6.07) is 6.02. The smallest absolute Gasteiger partial charge is 0.0479 e. The molecule has 0 bridgehead atoms. The molecule has 0 radical (unpaired) electrons. The Morgan fingerprint density at radius 3 is 2.67 bits per heavy atom. The van der Waals surface area contributed by atoms with E-state index in [4.69, 9.17) is 11.6 Å². The molecule has 1 saturated carbocycles. The number of hydrogen-bond donors (Lipinski definition) is 0. The Hall–Kier alpha value is 0.210. The highest BCUT2D eigenvalue weighted by molar-refractivity contribution is 9.10. The Kier molecular flexibility index (Phi) is 5.78. The van der Waals surface area contributed by atoms with Gasteiger partial charge in [-0.1, -0.05) is 74.4 Å². The summed E-state index contributed by atoms with van der Waals surface area (Å²) in [7, 11) is 0. The van der Waals surface area contributed by atoms with Crippen molar-refractivity contribution in [2.45, 2.75) is 32.1 Å². The second-order valence-corrected chi connectivity index (χ2v) is 6.74. The molecule has 0 aliphatic heterocycles. The largest absolute Gasteiger partial charge is 0.0880 e. The molecule has 0 heterocycles. The molecule has 98 valence electrons. The monoisotopic (exact) mass is 390 g/mol. The zero-order valence-electron chi connectivity index (χ0n) is 10.3. The molecule has 0 aromatic heterocycles. The van der Waals surface area contributed by atoms with E-state index in [9.17, 15) is 0 Å². The first-order chi connectivity index (χ1) is 8.70. The predicted octanol–water partition coefficient (Wildman–Crippen LogP) is 6.46. The Labute approximate surface area is 131 Å². The molecule has 1 aromatic rings. The molecule has 0 N–H and O–H groups in total. The molecule has 0 nitrogen and oxygen atoms in total. The molecule has 0 atom stereocenters. The highest BCUT2D eigenvalue weighted by Gasteiger charge is 2.17. The molecule has 18 heavy (non-hydrogen) atoms. The zero-order chi connectivity index (χ0) is 13.0. The van der Waals surface area contributed by atoms with Crippen LogP contribution in [0.15, 0.2) is 28.2 Å². The van der Waals surface area contributed by atoms with Crippen molar-refractivity contribution >= 4 is 49.5 Å². The fraction of sp³-hybridized carbons (Fsp3) is 0.467. The van der Waals surface area contributed by atoms with Crippen LogP contribution in [0.2, 0.25) is 5.02 Å². The lowest BCUT2D eigenvalue weighted by Gasteiger charge is -2.23. The van der Waals surface area contributed by atoms with Crippen LogP contribution in [-0.2, 0) is 0 Å². The predicted molar refractivity (Wildman–Crippen MR) is 87.5 cm³/mol. The van der Waals surface area contributed by atoms with Gasteiger partial charge in [0.2, 0.25) is 0 Å². The highest BCUT2D eigenvalue weighted by Crippen LogP contribution is 2.33. The summed E-state index contributed by atoms with van der Waals surface area (Å²) in [5.41, 5.74) is 2.60. The quantitative estimate of drug-likeness (QED) is 0.518. The van der Waals surface area contributed by atoms with Crippen LogP contribution in [0.5, 0.6) is 0 Å². The van der Waals surface area contributed by atoms with Gasteiger partial charge in [0.15, 0.2) is 0 Å². The number of benzene rings is 1. The van der Waals surface area contributed by atoms with E-state index in [-0.39, 0.29) is 0 Å². The standard InChI is InChI=1S/C15H17Br2Cl/c16-10-13(11-4-2-1-3-5-11)8-12-9-14(17)6-7-15(12)18/h6-9,11H,1-5,10H2/b13-8-. The highest BCUT2D eigenvalue weighted by atomic mass is 79.9. The van der Waals surface area contributed by atoms with E-state index in [0.29, 0.717) is 0 Å². The molecular formula is C15H17Br2Cl. The molecule has 0 saturated heterocycles. The van der Waals surface area contributed by atoms with E-state index >= 15 is 0 Å². The normalized spacial score (nSPS) is 18.1. The maximum Gasteiger partial charge on any atom is 0.0479 e. The maximum atomic E-state index is 6.26. The lowest BCUT2D eigenvalue weighted by atomic mass is 9.84. The molecule has 1 aliphatic carbocycles. The first-order valence-electron chi connectivity index (χ1n) is 6.42. The lowest BCUT2D eigenvalue weighted by molar-refractivity contribution is 0.405. The first-order valence-corrected chi connectivity index (χ1v) is 8.71. The van der Waals surface area contributed by atoms with E-state index in [2.05, 4.69) is 44.0 Å². The Bertz CT molecular complexity index is 434. The van der Waals surface area contributed by atoms with E-state index in [1.54, 1.807) is 0 Å². The zero-order valence-corrected chi connectivity index (χ0v) is 14.2. The molecule has 1 aliphatic rings. The van der Waals surface area contributed by atoms with Crippen LogP contribution in [0.4, 0.5) is 0 Å². The van der Waals surface area contributed by atoms with Crippen LogP contribution in [0.1, 0.15) is 37.7 Å². The van der Waals surface area contributed by atoms with E-state index in [1.807, 2.05) is 12.1 Å². The van der Waals surface area contributed by atoms with Crippen molar-refractivity contribution in [1.82, 2.24) is 0 Å². The average Bonchev–Trinajstić information content (AvgIpc) is 2.41. The van der Waals surface area contributed by atoms with Crippen molar-refractivity contribution in [1.29, 1.82) is 0 Å². The third-order valence-electron chi connectivity index (χ3n) is 3.58. The second kappa shape index (κ2) is 7.12. The Morgan fingerprint density at radius 1 is 1.28 bits per heavy atom. The fourth-order valence-corrected chi connectivity index (χ4v) is 3.73. The van der Waals surface area contributed by atoms with Gasteiger partial charge in [0.1, 0.15) is 0 Å². The van der Waals surface area contributed by atoms with Crippen molar-refractivity contribution in [2.24, 2.45) is 5.92 Å². The van der Waals surface area contributed by atoms with Crippen molar-refractivity contribution in [3.63, 3.8) is 0 Å². The van der Waals surface area contributed by atoms with Gasteiger partial charge >= 0.3 is 0 Å². The van der Waals surface area contributed by atoms with Crippen LogP contribution in [-0.4, -0.2) is 5.33 Å². The van der Waals surface area contributed by atoms with Gasteiger partial charge in [-0.15, -0.1) is 0 Å². The number of halogens is 3. The van der Waals surface area contributed by atoms with Gasteiger partial charge in [-0.2, -0.15) is 0 Å². The van der Waals surface area contributed by atoms with Gasteiger partial charge in [-0.3, -0.25) is 0 Å². The Balaban J connectivity index is 2.24. The van der Waals surface area contributed by atoms with Crippen LogP contribution < -0.4 is 0 Å². The van der Waals surface area contributed by atoms with Gasteiger partial charge in [0, 0.05) is 14.8 Å². The SMILES string of the molecule is Clc1ccc(Br)cc1/C=C(/CBr)C1CCCCC1. The van der Waals surface area contributed by atoms with Crippen LogP contribution >= 0.6 is 43.5 Å². The average molecular weight is 393 g/mol. The lowest BCUT2D eigenvalue weighted by Crippen LogP contribution is -2.10. The minimum atomic E-state index is 0.730. The van der Waals surface area contributed by atoms with Crippen LogP contribution in [0.25, 0.3) is 6.08 Å². The summed E-state index contributed by atoms with van der Waals surface area (Å²) < 4.78 is 1.08. The number of hydrogen-bond acceptors (Lipinski definition) is 0. The summed E-state index contributed by atoms with van der Waals surface area (Å²) in [6.07, 6.45) is 9.02. The molecule has 0 amide bonds. The maximum absolute atomic E-state index is 6.26. The number of rotatable bonds is 3. The second-order valence-electron chi connectivity index (χ2n) is 4.85. The van der Waals surface area contributed by atoms with Gasteiger partial charge in [-0.25, -0.2) is 0 Å². The number of allylic oxidation sites excluding steroid dienone is 1. The third-order valence-corrected chi connectivity index (χ3v) is 5.07. The van der Waals surface area contributed by atoms with Gasteiger partial charge in [-0.05, 0) is 42.5 Å². The topological polar surface area (TPSA) is 0 Å². The molecule has 2 rings (SSSR count). The van der Waals surface area contributed by atoms with Crippen molar-refractivity contribution in [3.05, 3.63) is 38.8 Å². The van der Waals surface area contributed by atoms with Crippen molar-refractivity contribution in [3.8, 4) is 0 Å². The van der Waals surface area contributed by atoms with Crippen LogP contribution in [0.3, 0.4) is 0 Å². The fourth-order valence-electron chi connectivity index (χ4n) is 2.56. The molecule has 0 unspecified atom stereocenters. The van der Waals surface area contributed by atoms with Crippen molar-refractivity contribution in [2.75, 3.05) is 5.33 Å². The summed E-state index contributed by atoms with van der Waals surface area (Å²) in [6.45, 7) is 0.